The number of benzene rings is 1. The molecule has 0 bridgehead atoms. The average Bonchev–Trinajstić information content (AvgIpc) is 2.56. The van der Waals surface area contributed by atoms with Crippen LogP contribution in [-0.4, -0.2) is 21.0 Å². The number of rotatable bonds is 9. The Bertz CT molecular complexity index is 635. The van der Waals surface area contributed by atoms with Gasteiger partial charge in [-0.3, -0.25) is 4.79 Å². The van der Waals surface area contributed by atoms with Crippen molar-refractivity contribution in [2.24, 2.45) is 0 Å². The van der Waals surface area contributed by atoms with Crippen LogP contribution in [0.1, 0.15) is 56.6 Å². The molecule has 1 amide bonds. The summed E-state index contributed by atoms with van der Waals surface area (Å²) in [6.45, 7) is 6.15. The molecule has 4 nitrogen and oxygen atoms in total. The molecule has 0 saturated carbocycles. The molecule has 0 radical (unpaired) electrons. The minimum absolute atomic E-state index is 0.176. The molecule has 0 aliphatic carbocycles. The van der Waals surface area contributed by atoms with E-state index >= 15 is 0 Å². The normalized spacial score (nSPS) is 12.4. The summed E-state index contributed by atoms with van der Waals surface area (Å²) in [6.07, 6.45) is 4.74. The predicted octanol–water partition coefficient (Wildman–Crippen LogP) is 5.76. The molecule has 0 aliphatic heterocycles. The second-order valence-electron chi connectivity index (χ2n) is 6.62. The molecule has 0 aromatic heterocycles. The first-order valence-electron chi connectivity index (χ1n) is 9.14. The summed E-state index contributed by atoms with van der Waals surface area (Å²) in [7, 11) is 0. The van der Waals surface area contributed by atoms with Gasteiger partial charge in [0.05, 0.1) is 0 Å². The van der Waals surface area contributed by atoms with Crippen LogP contribution in [0.2, 0.25) is 0 Å². The Kier molecular flexibility index (Phi) is 10.7. The summed E-state index contributed by atoms with van der Waals surface area (Å²) >= 11 is 23.3. The molecule has 1 atom stereocenters. The van der Waals surface area contributed by atoms with Crippen molar-refractivity contribution in [3.05, 3.63) is 29.3 Å². The Morgan fingerprint density at radius 1 is 1.11 bits per heavy atom. The molecular weight excluding hydrogens is 425 g/mol. The topological polar surface area (TPSA) is 53.2 Å². The second kappa shape index (κ2) is 11.9. The van der Waals surface area contributed by atoms with E-state index < -0.39 is 9.96 Å². The van der Waals surface area contributed by atoms with E-state index in [4.69, 9.17) is 47.0 Å². The summed E-state index contributed by atoms with van der Waals surface area (Å²) in [4.78, 5) is 12.2. The molecule has 0 spiro atoms. The number of halogens is 3. The van der Waals surface area contributed by atoms with E-state index in [1.165, 1.54) is 6.42 Å². The molecule has 1 aromatic rings. The number of amides is 1. The molecule has 0 saturated heterocycles. The number of carbonyl (C=O) groups is 1. The number of aryl methyl sites for hydroxylation is 2. The third kappa shape index (κ3) is 9.84. The smallest absolute Gasteiger partial charge is 0.228 e. The number of unbranched alkanes of at least 4 members (excludes halogenated alkanes) is 4. The van der Waals surface area contributed by atoms with Crippen LogP contribution in [0.5, 0.6) is 0 Å². The average molecular weight is 453 g/mol. The molecule has 0 unspecified atom stereocenters. The van der Waals surface area contributed by atoms with Gasteiger partial charge >= 0.3 is 0 Å². The van der Waals surface area contributed by atoms with E-state index in [0.717, 1.165) is 42.5 Å². The number of carbonyl (C=O) groups excluding carboxylic acids is 1. The quantitative estimate of drug-likeness (QED) is 0.193. The molecule has 152 valence electrons. The van der Waals surface area contributed by atoms with Crippen LogP contribution in [0.15, 0.2) is 18.2 Å². The van der Waals surface area contributed by atoms with Crippen molar-refractivity contribution in [3.63, 3.8) is 0 Å². The number of hydrogen-bond acceptors (Lipinski definition) is 2. The molecule has 1 rings (SSSR count). The molecule has 0 fully saturated rings. The monoisotopic (exact) mass is 451 g/mol. The van der Waals surface area contributed by atoms with Gasteiger partial charge in [0.2, 0.25) is 9.70 Å². The lowest BCUT2D eigenvalue weighted by atomic mass is 10.1. The SMILES string of the molecule is CCCCCCCC(=O)N[C@H](NC(=S)Nc1ccc(C)cc1C)C(Cl)(Cl)Cl. The minimum atomic E-state index is -1.74. The van der Waals surface area contributed by atoms with Crippen molar-refractivity contribution in [3.8, 4) is 0 Å². The third-order valence-corrected chi connectivity index (χ3v) is 4.92. The lowest BCUT2D eigenvalue weighted by Gasteiger charge is -2.28. The highest BCUT2D eigenvalue weighted by Crippen LogP contribution is 2.29. The van der Waals surface area contributed by atoms with E-state index in [-0.39, 0.29) is 11.0 Å². The van der Waals surface area contributed by atoms with Gasteiger partial charge in [-0.1, -0.05) is 85.1 Å². The molecule has 8 heteroatoms. The fourth-order valence-corrected chi connectivity index (χ4v) is 3.12. The van der Waals surface area contributed by atoms with E-state index in [0.29, 0.717) is 6.42 Å². The van der Waals surface area contributed by atoms with Crippen LogP contribution in [0.3, 0.4) is 0 Å². The van der Waals surface area contributed by atoms with Crippen molar-refractivity contribution in [2.75, 3.05) is 5.32 Å². The molecular formula is C19H28Cl3N3OS. The van der Waals surface area contributed by atoms with Gasteiger partial charge < -0.3 is 16.0 Å². The zero-order chi connectivity index (χ0) is 20.4. The first-order chi connectivity index (χ1) is 12.6. The number of hydrogen-bond donors (Lipinski definition) is 3. The summed E-state index contributed by atoms with van der Waals surface area (Å²) < 4.78 is -1.74. The summed E-state index contributed by atoms with van der Waals surface area (Å²) in [6, 6.07) is 5.94. The summed E-state index contributed by atoms with van der Waals surface area (Å²) in [5, 5.41) is 8.93. The van der Waals surface area contributed by atoms with Crippen molar-refractivity contribution in [1.82, 2.24) is 10.6 Å². The Hall–Kier alpha value is -0.750. The Balaban J connectivity index is 2.58. The van der Waals surface area contributed by atoms with Crippen molar-refractivity contribution >= 4 is 63.7 Å². The van der Waals surface area contributed by atoms with Crippen molar-refractivity contribution < 1.29 is 4.79 Å². The summed E-state index contributed by atoms with van der Waals surface area (Å²) in [5.74, 6) is -0.176. The van der Waals surface area contributed by atoms with Gasteiger partial charge in [-0.15, -0.1) is 0 Å². The Morgan fingerprint density at radius 2 is 1.78 bits per heavy atom. The molecule has 0 heterocycles. The van der Waals surface area contributed by atoms with E-state index in [9.17, 15) is 4.79 Å². The predicted molar refractivity (Wildman–Crippen MR) is 121 cm³/mol. The van der Waals surface area contributed by atoms with Crippen molar-refractivity contribution in [2.45, 2.75) is 69.3 Å². The number of anilines is 1. The zero-order valence-electron chi connectivity index (χ0n) is 16.0. The number of thiocarbonyl (C=S) groups is 1. The first-order valence-corrected chi connectivity index (χ1v) is 10.7. The number of alkyl halides is 3. The summed E-state index contributed by atoms with van der Waals surface area (Å²) in [5.41, 5.74) is 3.05. The standard InChI is InChI=1S/C19H28Cl3N3OS/c1-4-5-6-7-8-9-16(26)24-17(19(20,21)22)25-18(27)23-15-11-10-13(2)12-14(15)3/h10-12,17H,4-9H2,1-3H3,(H,24,26)(H2,23,25,27)/t17-/m1/s1. The van der Waals surface area contributed by atoms with Gasteiger partial charge in [0.25, 0.3) is 0 Å². The van der Waals surface area contributed by atoms with E-state index in [1.807, 2.05) is 32.0 Å². The van der Waals surface area contributed by atoms with Gasteiger partial charge in [-0.25, -0.2) is 0 Å². The van der Waals surface area contributed by atoms with Crippen LogP contribution in [0.25, 0.3) is 0 Å². The zero-order valence-corrected chi connectivity index (χ0v) is 19.1. The van der Waals surface area contributed by atoms with Gasteiger partial charge in [0, 0.05) is 12.1 Å². The van der Waals surface area contributed by atoms with Crippen LogP contribution in [0.4, 0.5) is 5.69 Å². The minimum Gasteiger partial charge on any atom is -0.339 e. The maximum absolute atomic E-state index is 12.2. The lowest BCUT2D eigenvalue weighted by Crippen LogP contribution is -2.56. The van der Waals surface area contributed by atoms with Crippen LogP contribution in [-0.2, 0) is 4.79 Å². The largest absolute Gasteiger partial charge is 0.339 e. The maximum Gasteiger partial charge on any atom is 0.228 e. The fraction of sp³-hybridized carbons (Fsp3) is 0.579. The van der Waals surface area contributed by atoms with Crippen LogP contribution in [0, 0.1) is 13.8 Å². The second-order valence-corrected chi connectivity index (χ2v) is 9.40. The van der Waals surface area contributed by atoms with Gasteiger partial charge in [0.1, 0.15) is 6.17 Å². The number of nitrogens with one attached hydrogen (secondary N) is 3. The molecule has 1 aromatic carbocycles. The maximum atomic E-state index is 12.2. The lowest BCUT2D eigenvalue weighted by molar-refractivity contribution is -0.122. The Labute approximate surface area is 182 Å². The van der Waals surface area contributed by atoms with Gasteiger partial charge in [0.15, 0.2) is 5.11 Å². The fourth-order valence-electron chi connectivity index (χ4n) is 2.57. The molecule has 3 N–H and O–H groups in total. The van der Waals surface area contributed by atoms with Crippen molar-refractivity contribution in [1.29, 1.82) is 0 Å². The third-order valence-electron chi connectivity index (χ3n) is 4.05. The van der Waals surface area contributed by atoms with E-state index in [2.05, 4.69) is 22.9 Å². The van der Waals surface area contributed by atoms with Gasteiger partial charge in [-0.2, -0.15) is 0 Å². The first kappa shape index (κ1) is 24.3. The Morgan fingerprint density at radius 3 is 2.37 bits per heavy atom. The molecule has 27 heavy (non-hydrogen) atoms. The highest BCUT2D eigenvalue weighted by atomic mass is 35.6. The van der Waals surface area contributed by atoms with Crippen LogP contribution >= 0.6 is 47.0 Å². The van der Waals surface area contributed by atoms with Gasteiger partial charge in [-0.05, 0) is 44.1 Å². The van der Waals surface area contributed by atoms with E-state index in [1.54, 1.807) is 0 Å². The highest BCUT2D eigenvalue weighted by molar-refractivity contribution is 7.80. The highest BCUT2D eigenvalue weighted by Gasteiger charge is 2.34. The van der Waals surface area contributed by atoms with Crippen LogP contribution < -0.4 is 16.0 Å². The molecule has 0 aliphatic rings.